The van der Waals surface area contributed by atoms with Gasteiger partial charge in [-0.3, -0.25) is 0 Å². The lowest BCUT2D eigenvalue weighted by atomic mass is 10.00. The standard InChI is InChI=1S/C12H22N3OP/c13-14-15-17(16,11-7-3-1-4-8-11)12-9-5-2-6-10-12/h11-12H,1-10H2. The predicted octanol–water partition coefficient (Wildman–Crippen LogP) is 5.24. The highest BCUT2D eigenvalue weighted by atomic mass is 31.2. The summed E-state index contributed by atoms with van der Waals surface area (Å²) in [7, 11) is -2.66. The maximum Gasteiger partial charge on any atom is 0.179 e. The van der Waals surface area contributed by atoms with E-state index in [1.54, 1.807) is 0 Å². The summed E-state index contributed by atoms with van der Waals surface area (Å²) in [5.41, 5.74) is 9.13. The van der Waals surface area contributed by atoms with E-state index in [0.29, 0.717) is 0 Å². The minimum atomic E-state index is -2.66. The van der Waals surface area contributed by atoms with E-state index in [2.05, 4.69) is 9.80 Å². The van der Waals surface area contributed by atoms with Crippen LogP contribution in [-0.4, -0.2) is 11.3 Å². The first-order valence-electron chi connectivity index (χ1n) is 6.93. The molecule has 0 aromatic rings. The van der Waals surface area contributed by atoms with Crippen LogP contribution in [0, 0.1) is 0 Å². The maximum absolute atomic E-state index is 13.1. The Balaban J connectivity index is 2.17. The summed E-state index contributed by atoms with van der Waals surface area (Å²) in [5.74, 6) is 0. The molecule has 5 heteroatoms. The van der Waals surface area contributed by atoms with Gasteiger partial charge in [0, 0.05) is 16.2 Å². The Bertz CT molecular complexity index is 318. The second-order valence-electron chi connectivity index (χ2n) is 5.44. The van der Waals surface area contributed by atoms with Gasteiger partial charge >= 0.3 is 0 Å². The first-order chi connectivity index (χ1) is 8.27. The first kappa shape index (κ1) is 13.0. The number of rotatable bonds is 3. The third-order valence-electron chi connectivity index (χ3n) is 4.38. The molecule has 0 N–H and O–H groups in total. The molecule has 2 saturated carbocycles. The molecule has 0 atom stereocenters. The topological polar surface area (TPSA) is 65.8 Å². The summed E-state index contributed by atoms with van der Waals surface area (Å²) in [6.45, 7) is 0. The first-order valence-corrected chi connectivity index (χ1v) is 8.73. The van der Waals surface area contributed by atoms with Gasteiger partial charge in [0.05, 0.1) is 0 Å². The fourth-order valence-electron chi connectivity index (χ4n) is 3.41. The third kappa shape index (κ3) is 2.86. The van der Waals surface area contributed by atoms with Crippen LogP contribution in [-0.2, 0) is 4.57 Å². The van der Waals surface area contributed by atoms with Crippen LogP contribution in [0.2, 0.25) is 0 Å². The van der Waals surface area contributed by atoms with Gasteiger partial charge in [-0.15, -0.1) is 0 Å². The summed E-state index contributed by atoms with van der Waals surface area (Å²) < 4.78 is 13.1. The number of hydrogen-bond acceptors (Lipinski definition) is 1. The Morgan fingerprint density at radius 3 is 1.65 bits per heavy atom. The molecule has 2 fully saturated rings. The quantitative estimate of drug-likeness (QED) is 0.294. The lowest BCUT2D eigenvalue weighted by molar-refractivity contribution is 0.447. The Hall–Kier alpha value is -0.460. The van der Waals surface area contributed by atoms with Crippen LogP contribution in [0.1, 0.15) is 64.2 Å². The molecule has 0 saturated heterocycles. The zero-order valence-electron chi connectivity index (χ0n) is 10.4. The number of nitrogens with zero attached hydrogens (tertiary/aromatic N) is 3. The molecular weight excluding hydrogens is 233 g/mol. The van der Waals surface area contributed by atoms with E-state index < -0.39 is 7.29 Å². The molecule has 0 heterocycles. The molecule has 0 amide bonds. The van der Waals surface area contributed by atoms with Crippen molar-refractivity contribution in [2.24, 2.45) is 4.88 Å². The average Bonchev–Trinajstić information content (AvgIpc) is 2.41. The number of hydrogen-bond donors (Lipinski definition) is 0. The molecule has 4 nitrogen and oxygen atoms in total. The number of azide groups is 1. The Labute approximate surface area is 103 Å². The second kappa shape index (κ2) is 5.93. The largest absolute Gasteiger partial charge is 0.316 e. The lowest BCUT2D eigenvalue weighted by Crippen LogP contribution is -2.22. The van der Waals surface area contributed by atoms with Crippen LogP contribution >= 0.6 is 7.29 Å². The Morgan fingerprint density at radius 1 is 0.882 bits per heavy atom. The van der Waals surface area contributed by atoms with Crippen LogP contribution < -0.4 is 0 Å². The zero-order chi connectivity index (χ0) is 12.1. The van der Waals surface area contributed by atoms with Crippen LogP contribution in [0.5, 0.6) is 0 Å². The monoisotopic (exact) mass is 255 g/mol. The van der Waals surface area contributed by atoms with Crippen LogP contribution in [0.4, 0.5) is 0 Å². The molecule has 0 aliphatic heterocycles. The van der Waals surface area contributed by atoms with Gasteiger partial charge in [0.2, 0.25) is 0 Å². The summed E-state index contributed by atoms with van der Waals surface area (Å²) in [6, 6.07) is 0. The SMILES string of the molecule is [N-]=[N+]=NP(=O)(C1CCCCC1)C1CCCCC1. The molecule has 0 radical (unpaired) electrons. The van der Waals surface area contributed by atoms with E-state index in [-0.39, 0.29) is 11.3 Å². The van der Waals surface area contributed by atoms with Crippen molar-refractivity contribution >= 4 is 7.29 Å². The highest BCUT2D eigenvalue weighted by Gasteiger charge is 2.40. The molecule has 17 heavy (non-hydrogen) atoms. The molecule has 2 aliphatic rings. The van der Waals surface area contributed by atoms with Gasteiger partial charge in [0.15, 0.2) is 7.29 Å². The zero-order valence-corrected chi connectivity index (χ0v) is 11.3. The van der Waals surface area contributed by atoms with Gasteiger partial charge in [-0.05, 0) is 36.1 Å². The van der Waals surface area contributed by atoms with Crippen molar-refractivity contribution in [3.05, 3.63) is 10.4 Å². The molecule has 96 valence electrons. The summed E-state index contributed by atoms with van der Waals surface area (Å²) in [6.07, 6.45) is 11.1. The maximum atomic E-state index is 13.1. The van der Waals surface area contributed by atoms with Gasteiger partial charge in [-0.2, -0.15) is 0 Å². The lowest BCUT2D eigenvalue weighted by Gasteiger charge is -2.34. The molecule has 0 bridgehead atoms. The van der Waals surface area contributed by atoms with Crippen molar-refractivity contribution in [2.45, 2.75) is 75.5 Å². The van der Waals surface area contributed by atoms with Crippen molar-refractivity contribution in [1.29, 1.82) is 0 Å². The summed E-state index contributed by atoms with van der Waals surface area (Å²) in [4.78, 5) is 6.76. The Morgan fingerprint density at radius 2 is 1.29 bits per heavy atom. The molecular formula is C12H22N3OP. The Kier molecular flexibility index (Phi) is 4.53. The molecule has 0 aromatic heterocycles. The molecule has 0 aromatic carbocycles. The highest BCUT2D eigenvalue weighted by molar-refractivity contribution is 7.63. The van der Waals surface area contributed by atoms with Gasteiger partial charge < -0.3 is 4.57 Å². The van der Waals surface area contributed by atoms with E-state index in [1.165, 1.54) is 12.8 Å². The van der Waals surface area contributed by atoms with E-state index in [0.717, 1.165) is 51.4 Å². The molecule has 0 unspecified atom stereocenters. The summed E-state index contributed by atoms with van der Waals surface area (Å²) >= 11 is 0. The van der Waals surface area contributed by atoms with E-state index >= 15 is 0 Å². The molecule has 2 rings (SSSR count). The van der Waals surface area contributed by atoms with Gasteiger partial charge in [-0.1, -0.05) is 38.5 Å². The van der Waals surface area contributed by atoms with Crippen molar-refractivity contribution in [3.63, 3.8) is 0 Å². The second-order valence-corrected chi connectivity index (χ2v) is 8.42. The van der Waals surface area contributed by atoms with Gasteiger partial charge in [-0.25, -0.2) is 0 Å². The summed E-state index contributed by atoms with van der Waals surface area (Å²) in [5, 5.41) is 0. The van der Waals surface area contributed by atoms with Crippen molar-refractivity contribution in [1.82, 2.24) is 0 Å². The smallest absolute Gasteiger partial charge is 0.179 e. The minimum absolute atomic E-state index is 0.190. The predicted molar refractivity (Wildman–Crippen MR) is 70.5 cm³/mol. The fraction of sp³-hybridized carbons (Fsp3) is 1.00. The van der Waals surface area contributed by atoms with E-state index in [4.69, 9.17) is 5.53 Å². The van der Waals surface area contributed by atoms with Crippen molar-refractivity contribution in [2.75, 3.05) is 0 Å². The fourth-order valence-corrected chi connectivity index (χ4v) is 6.63. The minimum Gasteiger partial charge on any atom is -0.316 e. The van der Waals surface area contributed by atoms with Gasteiger partial charge in [0.1, 0.15) is 0 Å². The van der Waals surface area contributed by atoms with E-state index in [9.17, 15) is 4.57 Å². The highest BCUT2D eigenvalue weighted by Crippen LogP contribution is 2.63. The van der Waals surface area contributed by atoms with Crippen molar-refractivity contribution in [3.8, 4) is 0 Å². The van der Waals surface area contributed by atoms with Crippen molar-refractivity contribution < 1.29 is 4.57 Å². The van der Waals surface area contributed by atoms with Gasteiger partial charge in [0.25, 0.3) is 0 Å². The molecule has 0 spiro atoms. The van der Waals surface area contributed by atoms with Crippen LogP contribution in [0.3, 0.4) is 0 Å². The third-order valence-corrected chi connectivity index (χ3v) is 7.86. The van der Waals surface area contributed by atoms with Crippen LogP contribution in [0.25, 0.3) is 10.4 Å². The average molecular weight is 255 g/mol. The van der Waals surface area contributed by atoms with E-state index in [1.807, 2.05) is 0 Å². The normalized spacial score (nSPS) is 24.2. The molecule has 2 aliphatic carbocycles. The van der Waals surface area contributed by atoms with Crippen LogP contribution in [0.15, 0.2) is 4.88 Å².